The summed E-state index contributed by atoms with van der Waals surface area (Å²) in [7, 11) is 0. The van der Waals surface area contributed by atoms with Crippen LogP contribution in [0.5, 0.6) is 0 Å². The van der Waals surface area contributed by atoms with E-state index in [1.54, 1.807) is 0 Å². The van der Waals surface area contributed by atoms with Crippen LogP contribution >= 0.6 is 0 Å². The van der Waals surface area contributed by atoms with Gasteiger partial charge < -0.3 is 5.32 Å². The fraction of sp³-hybridized carbons (Fsp3) is 1.00. The molecule has 54 valence electrons. The molecule has 0 amide bonds. The Labute approximate surface area is 57.8 Å². The minimum Gasteiger partial charge on any atom is -0.314 e. The predicted molar refractivity (Wildman–Crippen MR) is 40.5 cm³/mol. The van der Waals surface area contributed by atoms with Crippen LogP contribution in [-0.2, 0) is 0 Å². The summed E-state index contributed by atoms with van der Waals surface area (Å²) in [6, 6.07) is 0.804. The molecule has 1 aliphatic rings. The lowest BCUT2D eigenvalue weighted by molar-refractivity contribution is 0.293. The van der Waals surface area contributed by atoms with Gasteiger partial charge >= 0.3 is 0 Å². The van der Waals surface area contributed by atoms with Gasteiger partial charge in [-0.25, -0.2) is 0 Å². The van der Waals surface area contributed by atoms with Crippen LogP contribution in [0.4, 0.5) is 0 Å². The molecule has 0 aromatic carbocycles. The SMILES string of the molecule is CC[C@H]1NCCC[C@H]1C. The van der Waals surface area contributed by atoms with E-state index >= 15 is 0 Å². The Bertz CT molecular complexity index is 80.6. The van der Waals surface area contributed by atoms with Gasteiger partial charge in [0.25, 0.3) is 0 Å². The molecule has 1 heterocycles. The van der Waals surface area contributed by atoms with Crippen molar-refractivity contribution in [3.8, 4) is 0 Å². The first-order valence-electron chi connectivity index (χ1n) is 4.08. The van der Waals surface area contributed by atoms with Gasteiger partial charge in [-0.2, -0.15) is 0 Å². The zero-order valence-electron chi connectivity index (χ0n) is 6.48. The van der Waals surface area contributed by atoms with Crippen LogP contribution in [0, 0.1) is 5.92 Å². The average Bonchev–Trinajstić information content (AvgIpc) is 1.89. The molecular formula is C8H17N. The molecule has 1 rings (SSSR count). The van der Waals surface area contributed by atoms with Gasteiger partial charge in [0.05, 0.1) is 0 Å². The van der Waals surface area contributed by atoms with Gasteiger partial charge in [0.1, 0.15) is 0 Å². The molecular weight excluding hydrogens is 110 g/mol. The third kappa shape index (κ3) is 1.68. The number of rotatable bonds is 1. The zero-order chi connectivity index (χ0) is 6.69. The van der Waals surface area contributed by atoms with Crippen LogP contribution in [0.25, 0.3) is 0 Å². The van der Waals surface area contributed by atoms with Crippen molar-refractivity contribution < 1.29 is 0 Å². The highest BCUT2D eigenvalue weighted by Gasteiger charge is 2.17. The molecule has 0 aromatic rings. The molecule has 0 aliphatic carbocycles. The number of nitrogens with one attached hydrogen (secondary N) is 1. The lowest BCUT2D eigenvalue weighted by Crippen LogP contribution is -2.39. The lowest BCUT2D eigenvalue weighted by atomic mass is 9.91. The van der Waals surface area contributed by atoms with Gasteiger partial charge in [-0.1, -0.05) is 13.8 Å². The fourth-order valence-electron chi connectivity index (χ4n) is 1.66. The highest BCUT2D eigenvalue weighted by Crippen LogP contribution is 2.16. The normalized spacial score (nSPS) is 36.7. The Kier molecular flexibility index (Phi) is 2.52. The van der Waals surface area contributed by atoms with Crippen molar-refractivity contribution in [2.24, 2.45) is 5.92 Å². The zero-order valence-corrected chi connectivity index (χ0v) is 6.48. The molecule has 1 saturated heterocycles. The summed E-state index contributed by atoms with van der Waals surface area (Å²) in [5.41, 5.74) is 0. The number of hydrogen-bond donors (Lipinski definition) is 1. The molecule has 0 bridgehead atoms. The largest absolute Gasteiger partial charge is 0.314 e. The first-order chi connectivity index (χ1) is 4.34. The summed E-state index contributed by atoms with van der Waals surface area (Å²) in [4.78, 5) is 0. The van der Waals surface area contributed by atoms with E-state index in [1.165, 1.54) is 25.8 Å². The maximum absolute atomic E-state index is 3.52. The van der Waals surface area contributed by atoms with Gasteiger partial charge in [-0.15, -0.1) is 0 Å². The van der Waals surface area contributed by atoms with E-state index in [4.69, 9.17) is 0 Å². The Morgan fingerprint density at radius 2 is 2.33 bits per heavy atom. The van der Waals surface area contributed by atoms with Crippen molar-refractivity contribution in [2.75, 3.05) is 6.54 Å². The monoisotopic (exact) mass is 127 g/mol. The summed E-state index contributed by atoms with van der Waals surface area (Å²) in [5.74, 6) is 0.906. The molecule has 1 N–H and O–H groups in total. The first kappa shape index (κ1) is 7.07. The second-order valence-electron chi connectivity index (χ2n) is 3.09. The Morgan fingerprint density at radius 1 is 1.56 bits per heavy atom. The maximum atomic E-state index is 3.52. The van der Waals surface area contributed by atoms with Gasteiger partial charge in [0.15, 0.2) is 0 Å². The van der Waals surface area contributed by atoms with Crippen LogP contribution in [0.15, 0.2) is 0 Å². The van der Waals surface area contributed by atoms with Gasteiger partial charge in [0, 0.05) is 6.04 Å². The molecule has 2 atom stereocenters. The van der Waals surface area contributed by atoms with E-state index < -0.39 is 0 Å². The summed E-state index contributed by atoms with van der Waals surface area (Å²) in [6.45, 7) is 5.85. The first-order valence-corrected chi connectivity index (χ1v) is 4.08. The lowest BCUT2D eigenvalue weighted by Gasteiger charge is -2.28. The van der Waals surface area contributed by atoms with Crippen molar-refractivity contribution in [2.45, 2.75) is 39.2 Å². The van der Waals surface area contributed by atoms with E-state index in [-0.39, 0.29) is 0 Å². The summed E-state index contributed by atoms with van der Waals surface area (Å²) in [5, 5.41) is 3.52. The maximum Gasteiger partial charge on any atom is 0.00900 e. The van der Waals surface area contributed by atoms with Crippen molar-refractivity contribution in [1.29, 1.82) is 0 Å². The quantitative estimate of drug-likeness (QED) is 0.566. The standard InChI is InChI=1S/C8H17N/c1-3-8-7(2)5-4-6-9-8/h7-9H,3-6H2,1-2H3/t7-,8-/m1/s1. The van der Waals surface area contributed by atoms with E-state index in [0.29, 0.717) is 0 Å². The minimum atomic E-state index is 0.804. The topological polar surface area (TPSA) is 12.0 Å². The fourth-order valence-corrected chi connectivity index (χ4v) is 1.66. The van der Waals surface area contributed by atoms with Crippen molar-refractivity contribution in [1.82, 2.24) is 5.32 Å². The second kappa shape index (κ2) is 3.21. The molecule has 0 spiro atoms. The average molecular weight is 127 g/mol. The highest BCUT2D eigenvalue weighted by atomic mass is 14.9. The molecule has 0 aromatic heterocycles. The summed E-state index contributed by atoms with van der Waals surface area (Å²) >= 11 is 0. The summed E-state index contributed by atoms with van der Waals surface area (Å²) < 4.78 is 0. The van der Waals surface area contributed by atoms with Crippen LogP contribution < -0.4 is 5.32 Å². The predicted octanol–water partition coefficient (Wildman–Crippen LogP) is 1.78. The van der Waals surface area contributed by atoms with Gasteiger partial charge in [0.2, 0.25) is 0 Å². The number of piperidine rings is 1. The molecule has 0 radical (unpaired) electrons. The van der Waals surface area contributed by atoms with Gasteiger partial charge in [-0.05, 0) is 31.7 Å². The molecule has 0 saturated carbocycles. The van der Waals surface area contributed by atoms with E-state index in [0.717, 1.165) is 12.0 Å². The summed E-state index contributed by atoms with van der Waals surface area (Å²) in [6.07, 6.45) is 4.09. The van der Waals surface area contributed by atoms with E-state index in [1.807, 2.05) is 0 Å². The molecule has 1 nitrogen and oxygen atoms in total. The van der Waals surface area contributed by atoms with Crippen LogP contribution in [0.2, 0.25) is 0 Å². The molecule has 1 heteroatoms. The molecule has 9 heavy (non-hydrogen) atoms. The number of hydrogen-bond acceptors (Lipinski definition) is 1. The van der Waals surface area contributed by atoms with E-state index in [9.17, 15) is 0 Å². The third-order valence-corrected chi connectivity index (χ3v) is 2.37. The van der Waals surface area contributed by atoms with Crippen LogP contribution in [0.3, 0.4) is 0 Å². The molecule has 0 unspecified atom stereocenters. The van der Waals surface area contributed by atoms with Crippen LogP contribution in [-0.4, -0.2) is 12.6 Å². The van der Waals surface area contributed by atoms with Gasteiger partial charge in [-0.3, -0.25) is 0 Å². The third-order valence-electron chi connectivity index (χ3n) is 2.37. The molecule has 1 aliphatic heterocycles. The minimum absolute atomic E-state index is 0.804. The molecule has 1 fully saturated rings. The second-order valence-corrected chi connectivity index (χ2v) is 3.09. The van der Waals surface area contributed by atoms with Crippen molar-refractivity contribution in [3.63, 3.8) is 0 Å². The highest BCUT2D eigenvalue weighted by molar-refractivity contribution is 4.76. The van der Waals surface area contributed by atoms with Crippen molar-refractivity contribution in [3.05, 3.63) is 0 Å². The smallest absolute Gasteiger partial charge is 0.00900 e. The van der Waals surface area contributed by atoms with Crippen LogP contribution in [0.1, 0.15) is 33.1 Å². The van der Waals surface area contributed by atoms with E-state index in [2.05, 4.69) is 19.2 Å². The Morgan fingerprint density at radius 3 is 2.78 bits per heavy atom. The Hall–Kier alpha value is -0.0400. The van der Waals surface area contributed by atoms with Crippen molar-refractivity contribution >= 4 is 0 Å². The Balaban J connectivity index is 2.30.